The highest BCUT2D eigenvalue weighted by molar-refractivity contribution is 6.60. The van der Waals surface area contributed by atoms with Crippen molar-refractivity contribution < 1.29 is 0 Å². The molecule has 0 radical (unpaired) electrons. The van der Waals surface area contributed by atoms with Crippen LogP contribution in [0, 0.1) is 0 Å². The van der Waals surface area contributed by atoms with E-state index < -0.39 is 0 Å². The Kier molecular flexibility index (Phi) is 3.53. The Bertz CT molecular complexity index is 1210. The first-order chi connectivity index (χ1) is 12.9. The maximum Gasteiger partial charge on any atom is 0.156 e. The molecule has 0 atom stereocenters. The zero-order valence-corrected chi connectivity index (χ0v) is 14.9. The monoisotopic (exact) mass is 330 g/mol. The second-order valence-electron chi connectivity index (χ2n) is 6.82. The highest BCUT2D eigenvalue weighted by Gasteiger charge is 2.15. The minimum atomic E-state index is 1.04. The number of rotatable bonds is 2. The minimum absolute atomic E-state index is 1.04. The van der Waals surface area contributed by atoms with Gasteiger partial charge in [-0.2, -0.15) is 0 Å². The maximum atomic E-state index is 2.28. The Morgan fingerprint density at radius 2 is 1.00 bits per heavy atom. The average Bonchev–Trinajstić information content (AvgIpc) is 2.71. The topological polar surface area (TPSA) is 0 Å². The molecule has 5 rings (SSSR count). The van der Waals surface area contributed by atoms with Gasteiger partial charge in [0.2, 0.25) is 0 Å². The first-order valence-electron chi connectivity index (χ1n) is 9.29. The average molecular weight is 330 g/mol. The minimum Gasteiger partial charge on any atom is -0.0848 e. The van der Waals surface area contributed by atoms with E-state index in [1.165, 1.54) is 48.9 Å². The second-order valence-corrected chi connectivity index (χ2v) is 6.82. The summed E-state index contributed by atoms with van der Waals surface area (Å²) in [5.74, 6) is 0. The van der Waals surface area contributed by atoms with Crippen LogP contribution in [-0.2, 0) is 0 Å². The van der Waals surface area contributed by atoms with E-state index in [4.69, 9.17) is 0 Å². The van der Waals surface area contributed by atoms with Gasteiger partial charge in [0.1, 0.15) is 0 Å². The lowest BCUT2D eigenvalue weighted by Gasteiger charge is -2.17. The van der Waals surface area contributed by atoms with E-state index in [-0.39, 0.29) is 0 Å². The second kappa shape index (κ2) is 6.03. The van der Waals surface area contributed by atoms with Gasteiger partial charge in [0.05, 0.1) is 0 Å². The normalized spacial score (nSPS) is 11.3. The molecule has 0 nitrogen and oxygen atoms in total. The highest BCUT2D eigenvalue weighted by Crippen LogP contribution is 2.38. The van der Waals surface area contributed by atoms with E-state index >= 15 is 0 Å². The van der Waals surface area contributed by atoms with Crippen molar-refractivity contribution in [2.45, 2.75) is 6.82 Å². The largest absolute Gasteiger partial charge is 0.156 e. The molecule has 0 aliphatic rings. The third kappa shape index (κ3) is 2.17. The van der Waals surface area contributed by atoms with E-state index in [1.54, 1.807) is 0 Å². The summed E-state index contributed by atoms with van der Waals surface area (Å²) in [6.07, 6.45) is 0. The summed E-state index contributed by atoms with van der Waals surface area (Å²) in [4.78, 5) is 0. The third-order valence-electron chi connectivity index (χ3n) is 5.46. The van der Waals surface area contributed by atoms with Crippen LogP contribution in [-0.4, -0.2) is 7.28 Å². The van der Waals surface area contributed by atoms with Crippen LogP contribution in [0.2, 0.25) is 6.82 Å². The fraction of sp³-hybridized carbons (Fsp3) is 0.0400. The van der Waals surface area contributed by atoms with Gasteiger partial charge >= 0.3 is 0 Å². The molecule has 0 unspecified atom stereocenters. The number of benzene rings is 5. The van der Waals surface area contributed by atoms with E-state index in [2.05, 4.69) is 97.8 Å². The lowest BCUT2D eigenvalue weighted by molar-refractivity contribution is 1.71. The third-order valence-corrected chi connectivity index (χ3v) is 5.46. The van der Waals surface area contributed by atoms with Crippen LogP contribution in [0.15, 0.2) is 91.0 Å². The summed E-state index contributed by atoms with van der Waals surface area (Å²) in [6, 6.07) is 33.1. The molecule has 5 aromatic carbocycles. The van der Waals surface area contributed by atoms with E-state index in [1.807, 2.05) is 0 Å². The van der Waals surface area contributed by atoms with Gasteiger partial charge in [0.25, 0.3) is 0 Å². The Hall–Kier alpha value is -3.06. The summed E-state index contributed by atoms with van der Waals surface area (Å²) < 4.78 is 0. The van der Waals surface area contributed by atoms with Crippen LogP contribution >= 0.6 is 0 Å². The molecule has 0 saturated heterocycles. The van der Waals surface area contributed by atoms with Crippen molar-refractivity contribution >= 4 is 45.1 Å². The molecule has 0 heterocycles. The van der Waals surface area contributed by atoms with E-state index in [0.717, 1.165) is 7.28 Å². The standard InChI is InChI=1S/C25H19B/c1-26-25-22-14-6-4-12-20(22)24(21-13-5-7-15-23(21)25)19-16-8-10-17-9-2-3-11-18(17)19/h2-16,26H,1H3. The predicted octanol–water partition coefficient (Wildman–Crippen LogP) is 5.92. The highest BCUT2D eigenvalue weighted by atomic mass is 14.2. The number of hydrogen-bond acceptors (Lipinski definition) is 0. The van der Waals surface area contributed by atoms with Gasteiger partial charge in [0, 0.05) is 0 Å². The van der Waals surface area contributed by atoms with Crippen molar-refractivity contribution in [3.05, 3.63) is 91.0 Å². The lowest BCUT2D eigenvalue weighted by atomic mass is 9.67. The Morgan fingerprint density at radius 1 is 0.500 bits per heavy atom. The van der Waals surface area contributed by atoms with Crippen molar-refractivity contribution in [3.8, 4) is 11.1 Å². The van der Waals surface area contributed by atoms with Gasteiger partial charge in [0.15, 0.2) is 7.28 Å². The van der Waals surface area contributed by atoms with Crippen molar-refractivity contribution in [1.82, 2.24) is 0 Å². The van der Waals surface area contributed by atoms with Crippen LogP contribution in [0.25, 0.3) is 43.4 Å². The smallest absolute Gasteiger partial charge is 0.0848 e. The summed E-state index contributed by atoms with van der Waals surface area (Å²) >= 11 is 0. The fourth-order valence-electron chi connectivity index (χ4n) is 4.33. The zero-order chi connectivity index (χ0) is 17.5. The molecular weight excluding hydrogens is 311 g/mol. The molecule has 5 aromatic rings. The maximum absolute atomic E-state index is 2.28. The summed E-state index contributed by atoms with van der Waals surface area (Å²) in [5, 5.41) is 8.04. The summed E-state index contributed by atoms with van der Waals surface area (Å²) in [7, 11) is 1.04. The zero-order valence-electron chi connectivity index (χ0n) is 14.9. The lowest BCUT2D eigenvalue weighted by Crippen LogP contribution is -2.14. The molecular formula is C25H19B. The van der Waals surface area contributed by atoms with Gasteiger partial charge in [-0.15, -0.1) is 0 Å². The van der Waals surface area contributed by atoms with Crippen LogP contribution in [0.5, 0.6) is 0 Å². The molecule has 0 fully saturated rings. The number of fused-ring (bicyclic) bond motifs is 3. The molecule has 0 amide bonds. The predicted molar refractivity (Wildman–Crippen MR) is 117 cm³/mol. The van der Waals surface area contributed by atoms with Crippen LogP contribution in [0.3, 0.4) is 0 Å². The molecule has 0 aliphatic carbocycles. The van der Waals surface area contributed by atoms with E-state index in [9.17, 15) is 0 Å². The van der Waals surface area contributed by atoms with Crippen LogP contribution in [0.1, 0.15) is 0 Å². The summed E-state index contributed by atoms with van der Waals surface area (Å²) in [6.45, 7) is 2.26. The Labute approximate surface area is 154 Å². The summed E-state index contributed by atoms with van der Waals surface area (Å²) in [5.41, 5.74) is 4.11. The molecule has 0 saturated carbocycles. The van der Waals surface area contributed by atoms with Gasteiger partial charge in [-0.3, -0.25) is 0 Å². The van der Waals surface area contributed by atoms with Gasteiger partial charge in [-0.05, 0) is 43.4 Å². The van der Waals surface area contributed by atoms with Crippen molar-refractivity contribution in [2.75, 3.05) is 0 Å². The molecule has 26 heavy (non-hydrogen) atoms. The number of hydrogen-bond donors (Lipinski definition) is 0. The molecule has 0 bridgehead atoms. The van der Waals surface area contributed by atoms with Gasteiger partial charge in [-0.25, -0.2) is 0 Å². The first-order valence-corrected chi connectivity index (χ1v) is 9.29. The van der Waals surface area contributed by atoms with Crippen molar-refractivity contribution in [2.24, 2.45) is 0 Å². The van der Waals surface area contributed by atoms with Gasteiger partial charge in [-0.1, -0.05) is 103 Å². The Balaban J connectivity index is 2.05. The van der Waals surface area contributed by atoms with Gasteiger partial charge < -0.3 is 0 Å². The van der Waals surface area contributed by atoms with Crippen molar-refractivity contribution in [1.29, 1.82) is 0 Å². The molecule has 122 valence electrons. The van der Waals surface area contributed by atoms with Crippen LogP contribution < -0.4 is 5.46 Å². The quantitative estimate of drug-likeness (QED) is 0.278. The van der Waals surface area contributed by atoms with Crippen LogP contribution in [0.4, 0.5) is 0 Å². The molecule has 0 aliphatic heterocycles. The Morgan fingerprint density at radius 3 is 1.62 bits per heavy atom. The molecule has 1 heteroatoms. The molecule has 0 spiro atoms. The first kappa shape index (κ1) is 15.2. The SMILES string of the molecule is CBc1c2ccccc2c(-c2cccc3ccccc23)c2ccccc12. The van der Waals surface area contributed by atoms with Crippen molar-refractivity contribution in [3.63, 3.8) is 0 Å². The van der Waals surface area contributed by atoms with E-state index in [0.29, 0.717) is 0 Å². The molecule has 0 N–H and O–H groups in total. The molecule has 0 aromatic heterocycles. The fourth-order valence-corrected chi connectivity index (χ4v) is 4.33.